The van der Waals surface area contributed by atoms with Crippen molar-refractivity contribution in [3.8, 4) is 11.5 Å². The van der Waals surface area contributed by atoms with Crippen LogP contribution in [0.5, 0.6) is 11.5 Å². The number of hydrogen-bond acceptors (Lipinski definition) is 4. The number of methoxy groups -OCH3 is 1. The number of halogens is 2. The van der Waals surface area contributed by atoms with Crippen LogP contribution in [0.25, 0.3) is 0 Å². The third-order valence-electron chi connectivity index (χ3n) is 5.83. The predicted octanol–water partition coefficient (Wildman–Crippen LogP) is 5.94. The van der Waals surface area contributed by atoms with Gasteiger partial charge in [-0.2, -0.15) is 0 Å². The fourth-order valence-electron chi connectivity index (χ4n) is 3.84. The Morgan fingerprint density at radius 3 is 2.43 bits per heavy atom. The van der Waals surface area contributed by atoms with Crippen LogP contribution in [0.1, 0.15) is 30.9 Å². The maximum atomic E-state index is 13.6. The summed E-state index contributed by atoms with van der Waals surface area (Å²) in [5.41, 5.74) is 1.78. The molecule has 1 N–H and O–H groups in total. The fraction of sp³-hybridized carbons (Fsp3) is 0.310. The van der Waals surface area contributed by atoms with Gasteiger partial charge in [0.15, 0.2) is 6.61 Å². The molecule has 6 nitrogen and oxygen atoms in total. The molecular weight excluding hydrogens is 511 g/mol. The fourth-order valence-corrected chi connectivity index (χ4v) is 4.31. The summed E-state index contributed by atoms with van der Waals surface area (Å²) >= 11 is 12.2. The van der Waals surface area contributed by atoms with Gasteiger partial charge in [0.25, 0.3) is 5.91 Å². The van der Waals surface area contributed by atoms with Crippen LogP contribution in [-0.4, -0.2) is 43.0 Å². The lowest BCUT2D eigenvalue weighted by Crippen LogP contribution is -2.51. The van der Waals surface area contributed by atoms with Crippen molar-refractivity contribution in [1.82, 2.24) is 10.2 Å². The van der Waals surface area contributed by atoms with Gasteiger partial charge in [-0.1, -0.05) is 79.0 Å². The Kier molecular flexibility index (Phi) is 11.1. The van der Waals surface area contributed by atoms with Crippen molar-refractivity contribution in [2.24, 2.45) is 0 Å². The highest BCUT2D eigenvalue weighted by Crippen LogP contribution is 2.28. The van der Waals surface area contributed by atoms with Crippen LogP contribution in [0.3, 0.4) is 0 Å². The molecule has 0 spiro atoms. The minimum atomic E-state index is -0.748. The van der Waals surface area contributed by atoms with E-state index in [2.05, 4.69) is 12.2 Å². The summed E-state index contributed by atoms with van der Waals surface area (Å²) in [4.78, 5) is 28.6. The number of carbonyl (C=O) groups is 2. The topological polar surface area (TPSA) is 67.9 Å². The highest BCUT2D eigenvalue weighted by atomic mass is 35.5. The zero-order chi connectivity index (χ0) is 26.6. The molecule has 1 atom stereocenters. The molecule has 8 heteroatoms. The second kappa shape index (κ2) is 14.5. The maximum absolute atomic E-state index is 13.6. The highest BCUT2D eigenvalue weighted by Gasteiger charge is 2.30. The van der Waals surface area contributed by atoms with Crippen molar-refractivity contribution in [2.45, 2.75) is 38.8 Å². The van der Waals surface area contributed by atoms with Crippen LogP contribution in [0, 0.1) is 0 Å². The molecule has 3 aromatic carbocycles. The predicted molar refractivity (Wildman–Crippen MR) is 147 cm³/mol. The lowest BCUT2D eigenvalue weighted by atomic mass is 10.0. The average Bonchev–Trinajstić information content (AvgIpc) is 2.90. The highest BCUT2D eigenvalue weighted by molar-refractivity contribution is 6.35. The van der Waals surface area contributed by atoms with Crippen LogP contribution in [0.2, 0.25) is 10.0 Å². The van der Waals surface area contributed by atoms with Crippen LogP contribution in [0.4, 0.5) is 0 Å². The number of benzene rings is 3. The van der Waals surface area contributed by atoms with E-state index in [0.29, 0.717) is 34.5 Å². The van der Waals surface area contributed by atoms with Crippen LogP contribution in [-0.2, 0) is 22.6 Å². The van der Waals surface area contributed by atoms with E-state index in [1.54, 1.807) is 30.2 Å². The first-order valence-corrected chi connectivity index (χ1v) is 13.0. The van der Waals surface area contributed by atoms with E-state index in [-0.39, 0.29) is 25.0 Å². The molecule has 0 aliphatic heterocycles. The summed E-state index contributed by atoms with van der Waals surface area (Å²) < 4.78 is 11.1. The number of unbranched alkanes of at least 4 members (excludes halogenated alkanes) is 1. The second-order valence-corrected chi connectivity index (χ2v) is 9.43. The van der Waals surface area contributed by atoms with Gasteiger partial charge in [0.1, 0.15) is 17.5 Å². The van der Waals surface area contributed by atoms with E-state index in [0.717, 1.165) is 24.0 Å². The van der Waals surface area contributed by atoms with Gasteiger partial charge in [0.05, 0.1) is 12.1 Å². The van der Waals surface area contributed by atoms with Crippen molar-refractivity contribution in [3.05, 3.63) is 94.0 Å². The smallest absolute Gasteiger partial charge is 0.261 e. The zero-order valence-corrected chi connectivity index (χ0v) is 22.6. The Labute approximate surface area is 228 Å². The Hall–Kier alpha value is -3.22. The molecule has 0 saturated heterocycles. The molecule has 0 aromatic heterocycles. The molecule has 0 aliphatic rings. The van der Waals surface area contributed by atoms with Crippen molar-refractivity contribution < 1.29 is 19.1 Å². The van der Waals surface area contributed by atoms with E-state index in [1.807, 2.05) is 54.6 Å². The molecule has 0 aliphatic carbocycles. The van der Waals surface area contributed by atoms with Gasteiger partial charge in [0.2, 0.25) is 5.91 Å². The Morgan fingerprint density at radius 1 is 0.973 bits per heavy atom. The molecule has 0 heterocycles. The van der Waals surface area contributed by atoms with Gasteiger partial charge in [0, 0.05) is 24.5 Å². The van der Waals surface area contributed by atoms with Crippen LogP contribution >= 0.6 is 23.2 Å². The number of nitrogens with zero attached hydrogens (tertiary/aromatic N) is 1. The van der Waals surface area contributed by atoms with Gasteiger partial charge >= 0.3 is 0 Å². The molecule has 3 rings (SSSR count). The number of ether oxygens (including phenoxy) is 2. The second-order valence-electron chi connectivity index (χ2n) is 8.59. The van der Waals surface area contributed by atoms with Gasteiger partial charge in [-0.15, -0.1) is 0 Å². The van der Waals surface area contributed by atoms with Crippen LogP contribution < -0.4 is 14.8 Å². The Morgan fingerprint density at radius 2 is 1.73 bits per heavy atom. The van der Waals surface area contributed by atoms with Crippen LogP contribution in [0.15, 0.2) is 72.8 Å². The molecule has 0 saturated carbocycles. The Bertz CT molecular complexity index is 1170. The molecular formula is C29H32Cl2N2O4. The van der Waals surface area contributed by atoms with E-state index >= 15 is 0 Å². The third-order valence-corrected chi connectivity index (χ3v) is 6.36. The normalized spacial score (nSPS) is 11.5. The lowest BCUT2D eigenvalue weighted by molar-refractivity contribution is -0.142. The van der Waals surface area contributed by atoms with E-state index in [4.69, 9.17) is 32.7 Å². The summed E-state index contributed by atoms with van der Waals surface area (Å²) in [5, 5.41) is 3.77. The summed E-state index contributed by atoms with van der Waals surface area (Å²) in [6.07, 6.45) is 2.16. The van der Waals surface area contributed by atoms with Crippen molar-refractivity contribution >= 4 is 35.0 Å². The average molecular weight is 543 g/mol. The summed E-state index contributed by atoms with van der Waals surface area (Å²) in [6.45, 7) is 2.51. The Balaban J connectivity index is 1.91. The van der Waals surface area contributed by atoms with Gasteiger partial charge in [-0.3, -0.25) is 9.59 Å². The minimum Gasteiger partial charge on any atom is -0.497 e. The monoisotopic (exact) mass is 542 g/mol. The van der Waals surface area contributed by atoms with Gasteiger partial charge in [-0.05, 0) is 47.9 Å². The molecule has 37 heavy (non-hydrogen) atoms. The first-order valence-electron chi connectivity index (χ1n) is 12.2. The summed E-state index contributed by atoms with van der Waals surface area (Å²) in [6, 6.07) is 21.1. The quantitative estimate of drug-likeness (QED) is 0.271. The maximum Gasteiger partial charge on any atom is 0.261 e. The largest absolute Gasteiger partial charge is 0.497 e. The standard InChI is InChI=1S/C29H32Cl2N2O4/c1-3-4-15-32-29(35)26(17-21-9-6-5-7-10-21)33(19-22-11-8-12-24(16-22)36-2)28(34)20-37-27-14-13-23(30)18-25(27)31/h5-14,16,18,26H,3-4,15,17,19-20H2,1-2H3,(H,32,35). The van der Waals surface area contributed by atoms with E-state index in [9.17, 15) is 9.59 Å². The molecule has 3 aromatic rings. The van der Waals surface area contributed by atoms with Crippen molar-refractivity contribution in [1.29, 1.82) is 0 Å². The lowest BCUT2D eigenvalue weighted by Gasteiger charge is -2.31. The molecule has 2 amide bonds. The summed E-state index contributed by atoms with van der Waals surface area (Å²) in [5.74, 6) is 0.451. The van der Waals surface area contributed by atoms with E-state index in [1.165, 1.54) is 0 Å². The molecule has 0 radical (unpaired) electrons. The van der Waals surface area contributed by atoms with Gasteiger partial charge in [-0.25, -0.2) is 0 Å². The summed E-state index contributed by atoms with van der Waals surface area (Å²) in [7, 11) is 1.59. The molecule has 196 valence electrons. The first kappa shape index (κ1) is 28.4. The first-order chi connectivity index (χ1) is 17.9. The number of hydrogen-bond donors (Lipinski definition) is 1. The molecule has 1 unspecified atom stereocenters. The minimum absolute atomic E-state index is 0.201. The van der Waals surface area contributed by atoms with E-state index < -0.39 is 6.04 Å². The zero-order valence-electron chi connectivity index (χ0n) is 21.1. The molecule has 0 fully saturated rings. The number of amides is 2. The van der Waals surface area contributed by atoms with Crippen molar-refractivity contribution in [3.63, 3.8) is 0 Å². The number of carbonyl (C=O) groups excluding carboxylic acids is 2. The number of rotatable bonds is 13. The third kappa shape index (κ3) is 8.69. The number of nitrogens with one attached hydrogen (secondary N) is 1. The molecule has 0 bridgehead atoms. The van der Waals surface area contributed by atoms with Crippen molar-refractivity contribution in [2.75, 3.05) is 20.3 Å². The van der Waals surface area contributed by atoms with Gasteiger partial charge < -0.3 is 19.7 Å². The SMILES string of the molecule is CCCCNC(=O)C(Cc1ccccc1)N(Cc1cccc(OC)c1)C(=O)COc1ccc(Cl)cc1Cl.